The van der Waals surface area contributed by atoms with Crippen molar-refractivity contribution in [3.05, 3.63) is 33.8 Å². The fraction of sp³-hybridized carbons (Fsp3) is 0.500. The van der Waals surface area contributed by atoms with Gasteiger partial charge in [-0.2, -0.15) is 0 Å². The highest BCUT2D eigenvalue weighted by Gasteiger charge is 2.40. The predicted octanol–water partition coefficient (Wildman–Crippen LogP) is 3.47. The number of carboxylic acid groups (broad SMARTS) is 1. The third-order valence-electron chi connectivity index (χ3n) is 4.43. The average Bonchev–Trinajstić information content (AvgIpc) is 2.45. The second-order valence-electron chi connectivity index (χ2n) is 5.75. The fourth-order valence-electron chi connectivity index (χ4n) is 2.90. The number of hydrogen-bond acceptors (Lipinski definition) is 2. The largest absolute Gasteiger partial charge is 0.481 e. The zero-order chi connectivity index (χ0) is 15.6. The number of nitrogens with zero attached hydrogens (tertiary/aromatic N) is 1. The SMILES string of the molecule is CCC1(C(=O)O)CCN(C(=O)c2cc(C)cc(Br)c2)CC1. The van der Waals surface area contributed by atoms with Crippen LogP contribution in [0.2, 0.25) is 0 Å². The van der Waals surface area contributed by atoms with Crippen molar-refractivity contribution >= 4 is 27.8 Å². The molecular weight excluding hydrogens is 334 g/mol. The van der Waals surface area contributed by atoms with Gasteiger partial charge in [0.15, 0.2) is 0 Å². The summed E-state index contributed by atoms with van der Waals surface area (Å²) in [4.78, 5) is 25.7. The van der Waals surface area contributed by atoms with Gasteiger partial charge in [0, 0.05) is 23.1 Å². The predicted molar refractivity (Wildman–Crippen MR) is 84.4 cm³/mol. The molecule has 0 saturated carbocycles. The average molecular weight is 354 g/mol. The molecule has 1 aliphatic rings. The molecule has 1 aliphatic heterocycles. The van der Waals surface area contributed by atoms with Crippen LogP contribution in [-0.4, -0.2) is 35.0 Å². The quantitative estimate of drug-likeness (QED) is 0.904. The number of rotatable bonds is 3. The summed E-state index contributed by atoms with van der Waals surface area (Å²) in [7, 11) is 0. The van der Waals surface area contributed by atoms with E-state index in [1.54, 1.807) is 4.90 Å². The molecule has 0 bridgehead atoms. The van der Waals surface area contributed by atoms with Gasteiger partial charge < -0.3 is 10.0 Å². The van der Waals surface area contributed by atoms with E-state index in [1.807, 2.05) is 32.0 Å². The van der Waals surface area contributed by atoms with Gasteiger partial charge in [-0.15, -0.1) is 0 Å². The van der Waals surface area contributed by atoms with Crippen LogP contribution in [0.3, 0.4) is 0 Å². The number of halogens is 1. The first-order valence-corrected chi connectivity index (χ1v) is 7.97. The zero-order valence-corrected chi connectivity index (χ0v) is 13.9. The van der Waals surface area contributed by atoms with Crippen LogP contribution >= 0.6 is 15.9 Å². The Kier molecular flexibility index (Phi) is 4.71. The molecular formula is C16H20BrNO3. The minimum atomic E-state index is -0.740. The molecule has 1 aromatic carbocycles. The first-order valence-electron chi connectivity index (χ1n) is 7.18. The summed E-state index contributed by atoms with van der Waals surface area (Å²) >= 11 is 3.41. The first-order chi connectivity index (χ1) is 9.88. The summed E-state index contributed by atoms with van der Waals surface area (Å²) in [6.45, 7) is 4.86. The van der Waals surface area contributed by atoms with Gasteiger partial charge in [-0.05, 0) is 49.9 Å². The second-order valence-corrected chi connectivity index (χ2v) is 6.66. The van der Waals surface area contributed by atoms with Gasteiger partial charge in [0.2, 0.25) is 0 Å². The van der Waals surface area contributed by atoms with E-state index in [0.29, 0.717) is 37.9 Å². The highest BCUT2D eigenvalue weighted by atomic mass is 79.9. The third kappa shape index (κ3) is 3.28. The van der Waals surface area contributed by atoms with Gasteiger partial charge in [-0.3, -0.25) is 9.59 Å². The smallest absolute Gasteiger partial charge is 0.309 e. The van der Waals surface area contributed by atoms with Crippen LogP contribution in [-0.2, 0) is 4.79 Å². The number of carbonyl (C=O) groups is 2. The molecule has 1 fully saturated rings. The number of piperidine rings is 1. The van der Waals surface area contributed by atoms with Crippen molar-refractivity contribution < 1.29 is 14.7 Å². The molecule has 2 rings (SSSR count). The monoisotopic (exact) mass is 353 g/mol. The van der Waals surface area contributed by atoms with E-state index in [9.17, 15) is 14.7 Å². The number of likely N-dealkylation sites (tertiary alicyclic amines) is 1. The number of carboxylic acids is 1. The lowest BCUT2D eigenvalue weighted by molar-refractivity contribution is -0.152. The summed E-state index contributed by atoms with van der Waals surface area (Å²) in [5.41, 5.74) is 1.02. The lowest BCUT2D eigenvalue weighted by Gasteiger charge is -2.38. The van der Waals surface area contributed by atoms with Crippen molar-refractivity contribution in [2.45, 2.75) is 33.1 Å². The standard InChI is InChI=1S/C16H20BrNO3/c1-3-16(15(20)21)4-6-18(7-5-16)14(19)12-8-11(2)9-13(17)10-12/h8-10H,3-7H2,1-2H3,(H,20,21). The Labute approximate surface area is 133 Å². The number of benzene rings is 1. The van der Waals surface area contributed by atoms with E-state index in [2.05, 4.69) is 15.9 Å². The summed E-state index contributed by atoms with van der Waals surface area (Å²) in [5, 5.41) is 9.39. The van der Waals surface area contributed by atoms with E-state index < -0.39 is 11.4 Å². The highest BCUT2D eigenvalue weighted by molar-refractivity contribution is 9.10. The maximum Gasteiger partial charge on any atom is 0.309 e. The summed E-state index contributed by atoms with van der Waals surface area (Å²) in [5.74, 6) is -0.759. The van der Waals surface area contributed by atoms with Gasteiger partial charge >= 0.3 is 5.97 Å². The molecule has 0 atom stereocenters. The van der Waals surface area contributed by atoms with E-state index in [1.165, 1.54) is 0 Å². The van der Waals surface area contributed by atoms with Gasteiger partial charge in [0.05, 0.1) is 5.41 Å². The Bertz CT molecular complexity index is 542. The van der Waals surface area contributed by atoms with Crippen LogP contribution in [0.25, 0.3) is 0 Å². The van der Waals surface area contributed by atoms with Crippen LogP contribution in [0.15, 0.2) is 22.7 Å². The van der Waals surface area contributed by atoms with E-state index >= 15 is 0 Å². The number of hydrogen-bond donors (Lipinski definition) is 1. The molecule has 1 saturated heterocycles. The van der Waals surface area contributed by atoms with Crippen LogP contribution in [0.1, 0.15) is 42.1 Å². The summed E-state index contributed by atoms with van der Waals surface area (Å²) in [6.07, 6.45) is 1.66. The van der Waals surface area contributed by atoms with Crippen LogP contribution in [0.4, 0.5) is 0 Å². The van der Waals surface area contributed by atoms with Crippen LogP contribution < -0.4 is 0 Å². The Morgan fingerprint density at radius 2 is 1.90 bits per heavy atom. The third-order valence-corrected chi connectivity index (χ3v) is 4.89. The summed E-state index contributed by atoms with van der Waals surface area (Å²) in [6, 6.07) is 5.64. The minimum Gasteiger partial charge on any atom is -0.481 e. The molecule has 1 heterocycles. The van der Waals surface area contributed by atoms with Gasteiger partial charge in [-0.25, -0.2) is 0 Å². The first kappa shape index (κ1) is 16.0. The molecule has 1 amide bonds. The lowest BCUT2D eigenvalue weighted by Crippen LogP contribution is -2.46. The van der Waals surface area contributed by atoms with Gasteiger partial charge in [0.1, 0.15) is 0 Å². The molecule has 0 aromatic heterocycles. The summed E-state index contributed by atoms with van der Waals surface area (Å²) < 4.78 is 0.885. The minimum absolute atomic E-state index is 0.0190. The van der Waals surface area contributed by atoms with Crippen LogP contribution in [0, 0.1) is 12.3 Å². The molecule has 4 nitrogen and oxygen atoms in total. The number of aryl methyl sites for hydroxylation is 1. The Morgan fingerprint density at radius 1 is 1.29 bits per heavy atom. The van der Waals surface area contributed by atoms with Crippen molar-refractivity contribution in [3.8, 4) is 0 Å². The fourth-order valence-corrected chi connectivity index (χ4v) is 3.51. The van der Waals surface area contributed by atoms with Gasteiger partial charge in [0.25, 0.3) is 5.91 Å². The topological polar surface area (TPSA) is 57.6 Å². The van der Waals surface area contributed by atoms with Crippen molar-refractivity contribution in [1.82, 2.24) is 4.90 Å². The van der Waals surface area contributed by atoms with Crippen molar-refractivity contribution in [2.24, 2.45) is 5.41 Å². The van der Waals surface area contributed by atoms with Crippen molar-refractivity contribution in [2.75, 3.05) is 13.1 Å². The van der Waals surface area contributed by atoms with Crippen molar-refractivity contribution in [3.63, 3.8) is 0 Å². The molecule has 114 valence electrons. The highest BCUT2D eigenvalue weighted by Crippen LogP contribution is 2.35. The molecule has 0 aliphatic carbocycles. The zero-order valence-electron chi connectivity index (χ0n) is 12.4. The van der Waals surface area contributed by atoms with E-state index in [4.69, 9.17) is 0 Å². The molecule has 0 radical (unpaired) electrons. The molecule has 1 N–H and O–H groups in total. The number of amides is 1. The molecule has 1 aromatic rings. The molecule has 0 spiro atoms. The maximum atomic E-state index is 12.5. The molecule has 5 heteroatoms. The molecule has 21 heavy (non-hydrogen) atoms. The van der Waals surface area contributed by atoms with Crippen molar-refractivity contribution in [1.29, 1.82) is 0 Å². The Hall–Kier alpha value is -1.36. The molecule has 0 unspecified atom stereocenters. The van der Waals surface area contributed by atoms with Gasteiger partial charge in [-0.1, -0.05) is 22.9 Å². The Morgan fingerprint density at radius 3 is 2.38 bits per heavy atom. The Balaban J connectivity index is 2.11. The number of carbonyl (C=O) groups excluding carboxylic acids is 1. The second kappa shape index (κ2) is 6.18. The van der Waals surface area contributed by atoms with Crippen LogP contribution in [0.5, 0.6) is 0 Å². The normalized spacial score (nSPS) is 17.6. The maximum absolute atomic E-state index is 12.5. The van der Waals surface area contributed by atoms with E-state index in [0.717, 1.165) is 10.0 Å². The lowest BCUT2D eigenvalue weighted by atomic mass is 9.76. The van der Waals surface area contributed by atoms with E-state index in [-0.39, 0.29) is 5.91 Å². The number of aliphatic carboxylic acids is 1.